The van der Waals surface area contributed by atoms with E-state index in [4.69, 9.17) is 10.5 Å². The number of ether oxygens (including phenoxy) is 1. The van der Waals surface area contributed by atoms with Gasteiger partial charge in [-0.15, -0.1) is 0 Å². The summed E-state index contributed by atoms with van der Waals surface area (Å²) < 4.78 is 5.35. The van der Waals surface area contributed by atoms with E-state index in [1.165, 1.54) is 0 Å². The first kappa shape index (κ1) is 14.4. The summed E-state index contributed by atoms with van der Waals surface area (Å²) in [5.41, 5.74) is 7.17. The van der Waals surface area contributed by atoms with Crippen molar-refractivity contribution in [2.75, 3.05) is 24.7 Å². The Bertz CT molecular complexity index is 677. The lowest BCUT2D eigenvalue weighted by Crippen LogP contribution is -2.53. The summed E-state index contributed by atoms with van der Waals surface area (Å²) >= 11 is 0. The summed E-state index contributed by atoms with van der Waals surface area (Å²) in [6.45, 7) is 3.29. The highest BCUT2D eigenvalue weighted by Crippen LogP contribution is 2.22. The van der Waals surface area contributed by atoms with Gasteiger partial charge >= 0.3 is 0 Å². The molecule has 7 nitrogen and oxygen atoms in total. The minimum Gasteiger partial charge on any atom is -0.377 e. The highest BCUT2D eigenvalue weighted by Gasteiger charge is 2.29. The lowest BCUT2D eigenvalue weighted by Gasteiger charge is -2.34. The Balaban J connectivity index is 2.00. The average Bonchev–Trinajstić information content (AvgIpc) is 2.55. The van der Waals surface area contributed by atoms with Crippen molar-refractivity contribution in [3.05, 3.63) is 36.3 Å². The minimum atomic E-state index is -0.506. The van der Waals surface area contributed by atoms with Crippen molar-refractivity contribution < 1.29 is 9.53 Å². The van der Waals surface area contributed by atoms with Crippen LogP contribution in [0.4, 0.5) is 5.82 Å². The lowest BCUT2D eigenvalue weighted by molar-refractivity contribution is -0.121. The quantitative estimate of drug-likeness (QED) is 0.889. The summed E-state index contributed by atoms with van der Waals surface area (Å²) in [5, 5.41) is 0. The number of hydrogen-bond donors (Lipinski definition) is 1. The molecule has 2 aromatic rings. The van der Waals surface area contributed by atoms with Crippen LogP contribution in [-0.4, -0.2) is 46.7 Å². The number of aromatic nitrogens is 3. The van der Waals surface area contributed by atoms with Gasteiger partial charge in [-0.05, 0) is 19.1 Å². The van der Waals surface area contributed by atoms with E-state index in [-0.39, 0.29) is 6.61 Å². The Morgan fingerprint density at radius 2 is 2.14 bits per heavy atom. The molecular formula is C15H17N5O2. The molecule has 0 bridgehead atoms. The Labute approximate surface area is 128 Å². The number of carbonyl (C=O) groups excluding carboxylic acids is 1. The summed E-state index contributed by atoms with van der Waals surface area (Å²) in [6.07, 6.45) is 3.39. The zero-order chi connectivity index (χ0) is 15.5. The molecule has 2 aromatic heterocycles. The average molecular weight is 299 g/mol. The molecule has 0 unspecified atom stereocenters. The molecule has 1 aliphatic heterocycles. The number of nitrogens with two attached hydrogens (primary N) is 1. The minimum absolute atomic E-state index is 0.281. The second kappa shape index (κ2) is 6.07. The molecule has 1 aliphatic rings. The van der Waals surface area contributed by atoms with E-state index in [9.17, 15) is 4.79 Å². The third kappa shape index (κ3) is 2.89. The van der Waals surface area contributed by atoms with Gasteiger partial charge in [-0.3, -0.25) is 9.78 Å². The maximum absolute atomic E-state index is 11.6. The maximum Gasteiger partial charge on any atom is 0.242 e. The van der Waals surface area contributed by atoms with E-state index >= 15 is 0 Å². The number of amides is 1. The number of hydrogen-bond acceptors (Lipinski definition) is 6. The first-order chi connectivity index (χ1) is 10.6. The molecule has 0 radical (unpaired) electrons. The molecule has 0 spiro atoms. The van der Waals surface area contributed by atoms with Gasteiger partial charge in [0.2, 0.25) is 5.91 Å². The molecule has 3 heterocycles. The topological polar surface area (TPSA) is 94.2 Å². The van der Waals surface area contributed by atoms with Crippen molar-refractivity contribution in [1.82, 2.24) is 15.0 Å². The van der Waals surface area contributed by atoms with E-state index in [0.717, 1.165) is 11.3 Å². The van der Waals surface area contributed by atoms with Crippen molar-refractivity contribution >= 4 is 11.7 Å². The SMILES string of the molecule is Cc1cc(N2CCOC[C@H]2C(N)=O)nc(-c2ccncc2)n1. The predicted molar refractivity (Wildman–Crippen MR) is 81.1 cm³/mol. The number of pyridine rings is 1. The smallest absolute Gasteiger partial charge is 0.242 e. The summed E-state index contributed by atoms with van der Waals surface area (Å²) in [7, 11) is 0. The first-order valence-electron chi connectivity index (χ1n) is 7.05. The van der Waals surface area contributed by atoms with Crippen LogP contribution >= 0.6 is 0 Å². The molecule has 0 aromatic carbocycles. The van der Waals surface area contributed by atoms with Gasteiger partial charge in [0.15, 0.2) is 5.82 Å². The number of carbonyl (C=O) groups is 1. The Hall–Kier alpha value is -2.54. The third-order valence-electron chi connectivity index (χ3n) is 3.53. The molecule has 1 fully saturated rings. The van der Waals surface area contributed by atoms with E-state index in [1.807, 2.05) is 30.0 Å². The number of primary amides is 1. The highest BCUT2D eigenvalue weighted by molar-refractivity contribution is 5.83. The van der Waals surface area contributed by atoms with Gasteiger partial charge in [-0.2, -0.15) is 0 Å². The van der Waals surface area contributed by atoms with Crippen molar-refractivity contribution in [3.8, 4) is 11.4 Å². The Kier molecular flexibility index (Phi) is 3.97. The van der Waals surface area contributed by atoms with Crippen molar-refractivity contribution in [2.24, 2.45) is 5.73 Å². The van der Waals surface area contributed by atoms with Crippen molar-refractivity contribution in [1.29, 1.82) is 0 Å². The van der Waals surface area contributed by atoms with Crippen LogP contribution in [0, 0.1) is 6.92 Å². The van der Waals surface area contributed by atoms with Crippen LogP contribution in [0.2, 0.25) is 0 Å². The molecule has 22 heavy (non-hydrogen) atoms. The van der Waals surface area contributed by atoms with Crippen LogP contribution < -0.4 is 10.6 Å². The largest absolute Gasteiger partial charge is 0.377 e. The third-order valence-corrected chi connectivity index (χ3v) is 3.53. The predicted octanol–water partition coefficient (Wildman–Crippen LogP) is 0.538. The summed E-state index contributed by atoms with van der Waals surface area (Å²) in [6, 6.07) is 5.05. The summed E-state index contributed by atoms with van der Waals surface area (Å²) in [5.74, 6) is 0.875. The van der Waals surface area contributed by atoms with Gasteiger partial charge in [-0.1, -0.05) is 0 Å². The molecule has 2 N–H and O–H groups in total. The lowest BCUT2D eigenvalue weighted by atomic mass is 10.2. The second-order valence-electron chi connectivity index (χ2n) is 5.11. The Morgan fingerprint density at radius 3 is 2.86 bits per heavy atom. The van der Waals surface area contributed by atoms with Gasteiger partial charge in [0, 0.05) is 36.3 Å². The fourth-order valence-electron chi connectivity index (χ4n) is 2.44. The van der Waals surface area contributed by atoms with Crippen LogP contribution in [0.1, 0.15) is 5.69 Å². The van der Waals surface area contributed by atoms with Gasteiger partial charge < -0.3 is 15.4 Å². The number of rotatable bonds is 3. The number of anilines is 1. The normalized spacial score (nSPS) is 18.2. The second-order valence-corrected chi connectivity index (χ2v) is 5.11. The van der Waals surface area contributed by atoms with E-state index in [1.54, 1.807) is 12.4 Å². The van der Waals surface area contributed by atoms with Gasteiger partial charge in [-0.25, -0.2) is 9.97 Å². The molecule has 0 aliphatic carbocycles. The monoisotopic (exact) mass is 299 g/mol. The molecule has 7 heteroatoms. The van der Waals surface area contributed by atoms with Gasteiger partial charge in [0.1, 0.15) is 11.9 Å². The molecular weight excluding hydrogens is 282 g/mol. The van der Waals surface area contributed by atoms with Crippen molar-refractivity contribution in [2.45, 2.75) is 13.0 Å². The highest BCUT2D eigenvalue weighted by atomic mass is 16.5. The molecule has 0 saturated carbocycles. The van der Waals surface area contributed by atoms with E-state index < -0.39 is 11.9 Å². The van der Waals surface area contributed by atoms with Crippen LogP contribution in [0.3, 0.4) is 0 Å². The maximum atomic E-state index is 11.6. The number of nitrogens with zero attached hydrogens (tertiary/aromatic N) is 4. The van der Waals surface area contributed by atoms with Crippen LogP contribution in [0.15, 0.2) is 30.6 Å². The standard InChI is InChI=1S/C15H17N5O2/c1-10-8-13(20-6-7-22-9-12(20)14(16)21)19-15(18-10)11-2-4-17-5-3-11/h2-5,8,12H,6-7,9H2,1H3,(H2,16,21)/t12-/m0/s1. The summed E-state index contributed by atoms with van der Waals surface area (Å²) in [4.78, 5) is 26.5. The van der Waals surface area contributed by atoms with E-state index in [0.29, 0.717) is 24.8 Å². The molecule has 1 saturated heterocycles. The molecule has 114 valence electrons. The fraction of sp³-hybridized carbons (Fsp3) is 0.333. The number of morpholine rings is 1. The Morgan fingerprint density at radius 1 is 1.36 bits per heavy atom. The molecule has 1 atom stereocenters. The molecule has 1 amide bonds. The zero-order valence-electron chi connectivity index (χ0n) is 12.3. The van der Waals surface area contributed by atoms with Crippen molar-refractivity contribution in [3.63, 3.8) is 0 Å². The first-order valence-corrected chi connectivity index (χ1v) is 7.05. The van der Waals surface area contributed by atoms with E-state index in [2.05, 4.69) is 15.0 Å². The fourth-order valence-corrected chi connectivity index (χ4v) is 2.44. The van der Waals surface area contributed by atoms with Crippen LogP contribution in [-0.2, 0) is 9.53 Å². The van der Waals surface area contributed by atoms with Crippen LogP contribution in [0.25, 0.3) is 11.4 Å². The molecule has 3 rings (SSSR count). The number of aryl methyl sites for hydroxylation is 1. The van der Waals surface area contributed by atoms with Crippen LogP contribution in [0.5, 0.6) is 0 Å². The van der Waals surface area contributed by atoms with Gasteiger partial charge in [0.05, 0.1) is 13.2 Å². The van der Waals surface area contributed by atoms with Gasteiger partial charge in [0.25, 0.3) is 0 Å². The zero-order valence-corrected chi connectivity index (χ0v) is 12.3.